The molecular formula is C22H25F3N4O2. The molecule has 0 unspecified atom stereocenters. The van der Waals surface area contributed by atoms with E-state index in [9.17, 15) is 22.8 Å². The number of pyridine rings is 1. The van der Waals surface area contributed by atoms with E-state index < -0.39 is 11.7 Å². The van der Waals surface area contributed by atoms with Gasteiger partial charge in [-0.05, 0) is 55.2 Å². The number of hydrogen-bond donors (Lipinski definition) is 1. The van der Waals surface area contributed by atoms with Crippen molar-refractivity contribution in [2.45, 2.75) is 25.9 Å². The van der Waals surface area contributed by atoms with Gasteiger partial charge in [0.2, 0.25) is 5.91 Å². The highest BCUT2D eigenvalue weighted by Gasteiger charge is 2.31. The van der Waals surface area contributed by atoms with Gasteiger partial charge >= 0.3 is 6.18 Å². The first kappa shape index (κ1) is 22.6. The number of likely N-dealkylation sites (tertiary alicyclic amines) is 1. The Morgan fingerprint density at radius 1 is 1.16 bits per heavy atom. The maximum absolute atomic E-state index is 12.9. The van der Waals surface area contributed by atoms with Gasteiger partial charge in [0.05, 0.1) is 5.56 Å². The molecule has 1 fully saturated rings. The van der Waals surface area contributed by atoms with Gasteiger partial charge in [0.1, 0.15) is 5.82 Å². The third-order valence-electron chi connectivity index (χ3n) is 5.35. The maximum Gasteiger partial charge on any atom is 0.416 e. The van der Waals surface area contributed by atoms with Gasteiger partial charge < -0.3 is 15.1 Å². The average Bonchev–Trinajstić information content (AvgIpc) is 2.73. The van der Waals surface area contributed by atoms with E-state index in [1.807, 2.05) is 0 Å². The number of nitrogens with zero attached hydrogens (tertiary/aromatic N) is 3. The Balaban J connectivity index is 1.53. The third-order valence-corrected chi connectivity index (χ3v) is 5.35. The number of alkyl halides is 3. The van der Waals surface area contributed by atoms with Crippen LogP contribution in [0, 0.1) is 5.92 Å². The second kappa shape index (κ2) is 9.36. The fourth-order valence-electron chi connectivity index (χ4n) is 3.68. The number of piperidine rings is 1. The van der Waals surface area contributed by atoms with Crippen molar-refractivity contribution in [2.24, 2.45) is 5.92 Å². The molecule has 0 spiro atoms. The Morgan fingerprint density at radius 3 is 2.39 bits per heavy atom. The van der Waals surface area contributed by atoms with Crippen molar-refractivity contribution in [3.8, 4) is 0 Å². The molecule has 0 radical (unpaired) electrons. The quantitative estimate of drug-likeness (QED) is 0.771. The molecule has 0 saturated carbocycles. The molecule has 3 rings (SSSR count). The van der Waals surface area contributed by atoms with Gasteiger partial charge in [0.15, 0.2) is 0 Å². The molecule has 166 valence electrons. The minimum atomic E-state index is -4.40. The Morgan fingerprint density at radius 2 is 1.81 bits per heavy atom. The molecule has 1 aliphatic heterocycles. The first-order valence-electron chi connectivity index (χ1n) is 10.0. The van der Waals surface area contributed by atoms with Crippen LogP contribution in [0.4, 0.5) is 24.7 Å². The molecule has 1 aromatic heterocycles. The molecule has 0 aliphatic carbocycles. The zero-order chi connectivity index (χ0) is 22.6. The number of carbonyl (C=O) groups excluding carboxylic acids is 2. The number of anilines is 2. The van der Waals surface area contributed by atoms with Crippen LogP contribution in [0.1, 0.15) is 35.7 Å². The maximum atomic E-state index is 12.9. The standard InChI is InChI=1S/C22H25F3N4O2/c1-15(30)27-19-5-3-17(4-6-19)21(31)29-11-8-16(9-12-29)14-28(2)20-13-18(7-10-26-20)22(23,24)25/h3-7,10,13,16H,8-9,11-12,14H2,1-2H3,(H,27,30). The zero-order valence-electron chi connectivity index (χ0n) is 17.4. The molecule has 0 bridgehead atoms. The number of hydrogen-bond acceptors (Lipinski definition) is 4. The smallest absolute Gasteiger partial charge is 0.359 e. The molecule has 9 heteroatoms. The summed E-state index contributed by atoms with van der Waals surface area (Å²) in [6.07, 6.45) is -1.70. The van der Waals surface area contributed by atoms with Crippen molar-refractivity contribution < 1.29 is 22.8 Å². The summed E-state index contributed by atoms with van der Waals surface area (Å²) in [5.74, 6) is 0.298. The van der Waals surface area contributed by atoms with Gasteiger partial charge in [-0.3, -0.25) is 9.59 Å². The van der Waals surface area contributed by atoms with E-state index in [4.69, 9.17) is 0 Å². The van der Waals surface area contributed by atoms with Gasteiger partial charge in [-0.15, -0.1) is 0 Å². The number of nitrogens with one attached hydrogen (secondary N) is 1. The lowest BCUT2D eigenvalue weighted by atomic mass is 9.95. The molecule has 1 N–H and O–H groups in total. The molecule has 2 amide bonds. The number of aromatic nitrogens is 1. The number of halogens is 3. The summed E-state index contributed by atoms with van der Waals surface area (Å²) in [6, 6.07) is 8.78. The summed E-state index contributed by atoms with van der Waals surface area (Å²) in [4.78, 5) is 31.4. The fourth-order valence-corrected chi connectivity index (χ4v) is 3.68. The highest BCUT2D eigenvalue weighted by Crippen LogP contribution is 2.31. The van der Waals surface area contributed by atoms with Crippen LogP contribution in [0.25, 0.3) is 0 Å². The second-order valence-electron chi connectivity index (χ2n) is 7.78. The molecule has 1 aromatic carbocycles. The molecule has 1 aliphatic rings. The van der Waals surface area contributed by atoms with Gasteiger partial charge in [-0.1, -0.05) is 0 Å². The summed E-state index contributed by atoms with van der Waals surface area (Å²) in [5, 5.41) is 2.66. The predicted molar refractivity (Wildman–Crippen MR) is 112 cm³/mol. The van der Waals surface area contributed by atoms with Crippen LogP contribution in [-0.4, -0.2) is 48.4 Å². The van der Waals surface area contributed by atoms with Gasteiger partial charge in [0, 0.05) is 51.1 Å². The molecule has 2 heterocycles. The Kier molecular flexibility index (Phi) is 6.82. The molecule has 0 atom stereocenters. The summed E-state index contributed by atoms with van der Waals surface area (Å²) < 4.78 is 38.8. The topological polar surface area (TPSA) is 65.5 Å². The van der Waals surface area contributed by atoms with Crippen molar-refractivity contribution in [3.05, 3.63) is 53.7 Å². The van der Waals surface area contributed by atoms with Crippen LogP contribution in [0.15, 0.2) is 42.6 Å². The van der Waals surface area contributed by atoms with E-state index in [2.05, 4.69) is 10.3 Å². The molecular weight excluding hydrogens is 409 g/mol. The van der Waals surface area contributed by atoms with E-state index in [1.54, 1.807) is 41.1 Å². The Bertz CT molecular complexity index is 923. The van der Waals surface area contributed by atoms with Gasteiger partial charge in [-0.25, -0.2) is 4.98 Å². The summed E-state index contributed by atoms with van der Waals surface area (Å²) >= 11 is 0. The fraction of sp³-hybridized carbons (Fsp3) is 0.409. The van der Waals surface area contributed by atoms with Crippen molar-refractivity contribution in [3.63, 3.8) is 0 Å². The lowest BCUT2D eigenvalue weighted by Gasteiger charge is -2.34. The normalized spacial score (nSPS) is 14.9. The minimum Gasteiger partial charge on any atom is -0.359 e. The number of rotatable bonds is 5. The van der Waals surface area contributed by atoms with E-state index in [-0.39, 0.29) is 23.6 Å². The molecule has 6 nitrogen and oxygen atoms in total. The SMILES string of the molecule is CC(=O)Nc1ccc(C(=O)N2CCC(CN(C)c3cc(C(F)(F)F)ccn3)CC2)cc1. The predicted octanol–water partition coefficient (Wildman–Crippen LogP) is 4.05. The minimum absolute atomic E-state index is 0.0688. The van der Waals surface area contributed by atoms with Crippen molar-refractivity contribution in [2.75, 3.05) is 36.9 Å². The largest absolute Gasteiger partial charge is 0.416 e. The second-order valence-corrected chi connectivity index (χ2v) is 7.78. The Labute approximate surface area is 179 Å². The monoisotopic (exact) mass is 434 g/mol. The van der Waals surface area contributed by atoms with E-state index in [1.165, 1.54) is 13.1 Å². The highest BCUT2D eigenvalue weighted by atomic mass is 19.4. The number of amides is 2. The van der Waals surface area contributed by atoms with E-state index in [0.717, 1.165) is 25.0 Å². The molecule has 1 saturated heterocycles. The van der Waals surface area contributed by atoms with E-state index in [0.29, 0.717) is 30.9 Å². The van der Waals surface area contributed by atoms with Crippen LogP contribution in [0.3, 0.4) is 0 Å². The number of carbonyl (C=O) groups is 2. The molecule has 31 heavy (non-hydrogen) atoms. The van der Waals surface area contributed by atoms with Crippen LogP contribution in [0.2, 0.25) is 0 Å². The number of benzene rings is 1. The summed E-state index contributed by atoms with van der Waals surface area (Å²) in [6.45, 7) is 3.16. The van der Waals surface area contributed by atoms with Crippen LogP contribution in [-0.2, 0) is 11.0 Å². The zero-order valence-corrected chi connectivity index (χ0v) is 17.4. The van der Waals surface area contributed by atoms with Gasteiger partial charge in [-0.2, -0.15) is 13.2 Å². The van der Waals surface area contributed by atoms with Crippen LogP contribution in [0.5, 0.6) is 0 Å². The summed E-state index contributed by atoms with van der Waals surface area (Å²) in [5.41, 5.74) is 0.473. The van der Waals surface area contributed by atoms with Crippen molar-refractivity contribution >= 4 is 23.3 Å². The molecule has 2 aromatic rings. The van der Waals surface area contributed by atoms with Crippen LogP contribution < -0.4 is 10.2 Å². The van der Waals surface area contributed by atoms with Crippen molar-refractivity contribution in [1.29, 1.82) is 0 Å². The van der Waals surface area contributed by atoms with Gasteiger partial charge in [0.25, 0.3) is 5.91 Å². The summed E-state index contributed by atoms with van der Waals surface area (Å²) in [7, 11) is 1.73. The van der Waals surface area contributed by atoms with E-state index >= 15 is 0 Å². The van der Waals surface area contributed by atoms with Crippen molar-refractivity contribution in [1.82, 2.24) is 9.88 Å². The lowest BCUT2D eigenvalue weighted by Crippen LogP contribution is -2.41. The first-order valence-corrected chi connectivity index (χ1v) is 10.0. The third kappa shape index (κ3) is 5.96. The highest BCUT2D eigenvalue weighted by molar-refractivity contribution is 5.95. The average molecular weight is 434 g/mol. The van der Waals surface area contributed by atoms with Crippen LogP contribution >= 0.6 is 0 Å². The first-order chi connectivity index (χ1) is 14.6. The lowest BCUT2D eigenvalue weighted by molar-refractivity contribution is -0.137. The Hall–Kier alpha value is -3.10.